The maximum absolute atomic E-state index is 12.1. The second kappa shape index (κ2) is 4.57. The van der Waals surface area contributed by atoms with E-state index in [0.29, 0.717) is 0 Å². The number of hydrogen-bond donors (Lipinski definition) is 0. The van der Waals surface area contributed by atoms with Crippen LogP contribution in [-0.4, -0.2) is 19.9 Å². The first-order valence-electron chi connectivity index (χ1n) is 4.51. The second-order valence-corrected chi connectivity index (χ2v) is 5.81. The van der Waals surface area contributed by atoms with Crippen LogP contribution in [0.25, 0.3) is 6.08 Å². The van der Waals surface area contributed by atoms with Crippen LogP contribution in [-0.2, 0) is 14.3 Å². The molecule has 0 saturated heterocycles. The summed E-state index contributed by atoms with van der Waals surface area (Å²) < 4.78 is 38.6. The molecule has 0 spiro atoms. The van der Waals surface area contributed by atoms with E-state index in [0.717, 1.165) is 10.5 Å². The highest BCUT2D eigenvalue weighted by Gasteiger charge is 2.21. The molecular weight excluding hydrogens is 251 g/mol. The standard InChI is InChI=1S/C10H9FO3S2/c11-7-16(12,13)14-10-6-5-8-3-1-2-4-9(8)15-10/h1-6,10H,7H2. The second-order valence-electron chi connectivity index (χ2n) is 3.15. The number of thioether (sulfide) groups is 1. The van der Waals surface area contributed by atoms with Gasteiger partial charge in [-0.15, -0.1) is 0 Å². The predicted molar refractivity (Wildman–Crippen MR) is 61.1 cm³/mol. The molecule has 1 aromatic rings. The molecule has 0 amide bonds. The Bertz CT molecular complexity index is 511. The molecule has 1 aliphatic rings. The number of alkyl halides is 1. The third kappa shape index (κ3) is 2.63. The average Bonchev–Trinajstić information content (AvgIpc) is 2.28. The third-order valence-electron chi connectivity index (χ3n) is 1.97. The van der Waals surface area contributed by atoms with Crippen LogP contribution in [0, 0.1) is 0 Å². The lowest BCUT2D eigenvalue weighted by Gasteiger charge is -2.17. The van der Waals surface area contributed by atoms with Crippen molar-refractivity contribution in [3.8, 4) is 0 Å². The van der Waals surface area contributed by atoms with Crippen molar-refractivity contribution >= 4 is 28.0 Å². The topological polar surface area (TPSA) is 43.4 Å². The van der Waals surface area contributed by atoms with Crippen LogP contribution < -0.4 is 0 Å². The molecule has 0 bridgehead atoms. The van der Waals surface area contributed by atoms with Crippen LogP contribution in [0.1, 0.15) is 5.56 Å². The fourth-order valence-corrected chi connectivity index (χ4v) is 3.05. The molecule has 3 nitrogen and oxygen atoms in total. The van der Waals surface area contributed by atoms with Crippen LogP contribution >= 0.6 is 11.8 Å². The highest BCUT2D eigenvalue weighted by atomic mass is 32.2. The van der Waals surface area contributed by atoms with E-state index in [9.17, 15) is 12.8 Å². The summed E-state index contributed by atoms with van der Waals surface area (Å²) in [6.45, 7) is 0. The zero-order valence-electron chi connectivity index (χ0n) is 8.17. The summed E-state index contributed by atoms with van der Waals surface area (Å²) in [5.41, 5.74) is 0.320. The van der Waals surface area contributed by atoms with E-state index >= 15 is 0 Å². The van der Waals surface area contributed by atoms with Crippen LogP contribution in [0.2, 0.25) is 0 Å². The van der Waals surface area contributed by atoms with Gasteiger partial charge in [-0.2, -0.15) is 8.42 Å². The summed E-state index contributed by atoms with van der Waals surface area (Å²) in [4.78, 5) is 0.920. The molecule has 1 heterocycles. The maximum Gasteiger partial charge on any atom is 0.298 e. The fraction of sp³-hybridized carbons (Fsp3) is 0.200. The van der Waals surface area contributed by atoms with Crippen LogP contribution in [0.4, 0.5) is 4.39 Å². The molecule has 1 unspecified atom stereocenters. The number of rotatable bonds is 3. The van der Waals surface area contributed by atoms with E-state index in [2.05, 4.69) is 4.18 Å². The number of halogens is 1. The van der Waals surface area contributed by atoms with Crippen LogP contribution in [0.3, 0.4) is 0 Å². The Kier molecular flexibility index (Phi) is 3.32. The third-order valence-corrected chi connectivity index (χ3v) is 3.97. The molecule has 2 rings (SSSR count). The van der Waals surface area contributed by atoms with Gasteiger partial charge in [-0.25, -0.2) is 8.57 Å². The molecule has 86 valence electrons. The predicted octanol–water partition coefficient (Wildman–Crippen LogP) is 2.41. The van der Waals surface area contributed by atoms with E-state index in [4.69, 9.17) is 0 Å². The molecule has 0 saturated carbocycles. The molecular formula is C10H9FO3S2. The van der Waals surface area contributed by atoms with Gasteiger partial charge >= 0.3 is 0 Å². The zero-order chi connectivity index (χ0) is 11.6. The van der Waals surface area contributed by atoms with Gasteiger partial charge in [0.2, 0.25) is 6.01 Å². The first-order valence-corrected chi connectivity index (χ1v) is 6.97. The number of benzene rings is 1. The van der Waals surface area contributed by atoms with Crippen LogP contribution in [0.15, 0.2) is 35.2 Å². The van der Waals surface area contributed by atoms with Crippen molar-refractivity contribution in [1.29, 1.82) is 0 Å². The monoisotopic (exact) mass is 260 g/mol. The Morgan fingerprint density at radius 1 is 1.38 bits per heavy atom. The van der Waals surface area contributed by atoms with Crippen molar-refractivity contribution in [3.05, 3.63) is 35.9 Å². The molecule has 1 aromatic carbocycles. The van der Waals surface area contributed by atoms with Gasteiger partial charge in [0.1, 0.15) is 5.44 Å². The molecule has 16 heavy (non-hydrogen) atoms. The fourth-order valence-electron chi connectivity index (χ4n) is 1.29. The normalized spacial score (nSPS) is 19.4. The first kappa shape index (κ1) is 11.6. The number of hydrogen-bond acceptors (Lipinski definition) is 4. The summed E-state index contributed by atoms with van der Waals surface area (Å²) in [5.74, 6) is 0. The quantitative estimate of drug-likeness (QED) is 0.783. The molecule has 0 fully saturated rings. The lowest BCUT2D eigenvalue weighted by atomic mass is 10.2. The van der Waals surface area contributed by atoms with E-state index in [1.807, 2.05) is 24.3 Å². The Balaban J connectivity index is 2.15. The molecule has 0 aliphatic carbocycles. The zero-order valence-corrected chi connectivity index (χ0v) is 9.80. The van der Waals surface area contributed by atoms with Gasteiger partial charge in [-0.3, -0.25) is 0 Å². The summed E-state index contributed by atoms with van der Waals surface area (Å²) in [7, 11) is -4.06. The highest BCUT2D eigenvalue weighted by Crippen LogP contribution is 2.34. The lowest BCUT2D eigenvalue weighted by Crippen LogP contribution is -2.16. The summed E-state index contributed by atoms with van der Waals surface area (Å²) in [6.07, 6.45) is 3.37. The van der Waals surface area contributed by atoms with E-state index in [1.54, 1.807) is 12.2 Å². The Hall–Kier alpha value is -0.850. The Morgan fingerprint density at radius 3 is 2.88 bits per heavy atom. The van der Waals surface area contributed by atoms with Crippen molar-refractivity contribution in [1.82, 2.24) is 0 Å². The molecule has 0 aromatic heterocycles. The van der Waals surface area contributed by atoms with Crippen molar-refractivity contribution in [2.24, 2.45) is 0 Å². The molecule has 6 heteroatoms. The van der Waals surface area contributed by atoms with Crippen molar-refractivity contribution < 1.29 is 17.0 Å². The van der Waals surface area contributed by atoms with Gasteiger partial charge in [0.15, 0.2) is 0 Å². The number of fused-ring (bicyclic) bond motifs is 1. The van der Waals surface area contributed by atoms with Crippen molar-refractivity contribution in [2.45, 2.75) is 10.3 Å². The smallest absolute Gasteiger partial charge is 0.249 e. The largest absolute Gasteiger partial charge is 0.298 e. The first-order chi connectivity index (χ1) is 7.61. The van der Waals surface area contributed by atoms with Gasteiger partial charge in [0.25, 0.3) is 10.1 Å². The van der Waals surface area contributed by atoms with E-state index in [-0.39, 0.29) is 0 Å². The van der Waals surface area contributed by atoms with Crippen molar-refractivity contribution in [2.75, 3.05) is 6.01 Å². The minimum atomic E-state index is -4.06. The van der Waals surface area contributed by atoms with Crippen LogP contribution in [0.5, 0.6) is 0 Å². The molecule has 1 atom stereocenters. The highest BCUT2D eigenvalue weighted by molar-refractivity contribution is 8.00. The molecule has 0 N–H and O–H groups in total. The van der Waals surface area contributed by atoms with Gasteiger partial charge in [0.05, 0.1) is 0 Å². The minimum Gasteiger partial charge on any atom is -0.249 e. The van der Waals surface area contributed by atoms with Gasteiger partial charge in [-0.05, 0) is 17.7 Å². The SMILES string of the molecule is O=S(=O)(CF)OC1C=Cc2ccccc2S1. The Morgan fingerprint density at radius 2 is 2.12 bits per heavy atom. The van der Waals surface area contributed by atoms with E-state index < -0.39 is 21.6 Å². The average molecular weight is 260 g/mol. The van der Waals surface area contributed by atoms with Gasteiger partial charge in [0, 0.05) is 4.90 Å². The minimum absolute atomic E-state index is 0.685. The Labute approximate surface area is 97.4 Å². The molecule has 0 radical (unpaired) electrons. The lowest BCUT2D eigenvalue weighted by molar-refractivity contribution is 0.320. The van der Waals surface area contributed by atoms with Crippen molar-refractivity contribution in [3.63, 3.8) is 0 Å². The molecule has 1 aliphatic heterocycles. The summed E-state index contributed by atoms with van der Waals surface area (Å²) in [6, 6.07) is 6.02. The summed E-state index contributed by atoms with van der Waals surface area (Å²) >= 11 is 1.24. The van der Waals surface area contributed by atoms with Gasteiger partial charge in [-0.1, -0.05) is 36.0 Å². The summed E-state index contributed by atoms with van der Waals surface area (Å²) in [5, 5.41) is 0. The van der Waals surface area contributed by atoms with E-state index in [1.165, 1.54) is 11.8 Å². The van der Waals surface area contributed by atoms with Gasteiger partial charge < -0.3 is 0 Å². The maximum atomic E-state index is 12.1.